The summed E-state index contributed by atoms with van der Waals surface area (Å²) in [5.74, 6) is 0.380. The highest BCUT2D eigenvalue weighted by molar-refractivity contribution is 5.79. The molecule has 21 heavy (non-hydrogen) atoms. The van der Waals surface area contributed by atoms with Gasteiger partial charge >= 0.3 is 0 Å². The number of rotatable bonds is 5. The average Bonchev–Trinajstić information content (AvgIpc) is 2.90. The molecule has 0 fully saturated rings. The van der Waals surface area contributed by atoms with Gasteiger partial charge in [-0.1, -0.05) is 42.5 Å². The highest BCUT2D eigenvalue weighted by Gasteiger charge is 2.09. The van der Waals surface area contributed by atoms with E-state index in [4.69, 9.17) is 4.42 Å². The second kappa shape index (κ2) is 6.22. The van der Waals surface area contributed by atoms with Crippen molar-refractivity contribution in [3.8, 4) is 0 Å². The minimum Gasteiger partial charge on any atom is -0.440 e. The standard InChI is InChI=1S/C17H16N2O2/c20-16(18-11-10-13-6-2-1-3-7-13)12-17-19-14-8-4-5-9-15(14)21-17/h1-9H,10-12H2,(H,18,20). The van der Waals surface area contributed by atoms with Crippen LogP contribution in [-0.4, -0.2) is 17.4 Å². The van der Waals surface area contributed by atoms with E-state index in [1.165, 1.54) is 5.56 Å². The molecule has 4 nitrogen and oxygen atoms in total. The Hall–Kier alpha value is -2.62. The predicted octanol–water partition coefficient (Wildman–Crippen LogP) is 2.73. The van der Waals surface area contributed by atoms with Crippen LogP contribution in [0.4, 0.5) is 0 Å². The number of carbonyl (C=O) groups is 1. The van der Waals surface area contributed by atoms with E-state index in [1.54, 1.807) is 0 Å². The van der Waals surface area contributed by atoms with Gasteiger partial charge in [-0.15, -0.1) is 0 Å². The average molecular weight is 280 g/mol. The number of aromatic nitrogens is 1. The Morgan fingerprint density at radius 3 is 2.62 bits per heavy atom. The molecule has 0 unspecified atom stereocenters. The Balaban J connectivity index is 1.52. The highest BCUT2D eigenvalue weighted by Crippen LogP contribution is 2.14. The maximum Gasteiger partial charge on any atom is 0.229 e. The summed E-state index contributed by atoms with van der Waals surface area (Å²) in [5, 5.41) is 2.89. The summed E-state index contributed by atoms with van der Waals surface area (Å²) in [4.78, 5) is 16.2. The fourth-order valence-corrected chi connectivity index (χ4v) is 2.19. The van der Waals surface area contributed by atoms with Crippen LogP contribution in [-0.2, 0) is 17.6 Å². The van der Waals surface area contributed by atoms with E-state index < -0.39 is 0 Å². The summed E-state index contributed by atoms with van der Waals surface area (Å²) in [6, 6.07) is 17.6. The van der Waals surface area contributed by atoms with Gasteiger partial charge in [0.15, 0.2) is 5.58 Å². The summed E-state index contributed by atoms with van der Waals surface area (Å²) in [7, 11) is 0. The van der Waals surface area contributed by atoms with Gasteiger partial charge in [-0.05, 0) is 24.1 Å². The molecule has 1 aromatic heterocycles. The van der Waals surface area contributed by atoms with Gasteiger partial charge in [-0.25, -0.2) is 4.98 Å². The van der Waals surface area contributed by atoms with Gasteiger partial charge in [0, 0.05) is 6.54 Å². The molecule has 1 heterocycles. The first kappa shape index (κ1) is 13.4. The van der Waals surface area contributed by atoms with Gasteiger partial charge < -0.3 is 9.73 Å². The number of amides is 1. The molecule has 1 N–H and O–H groups in total. The van der Waals surface area contributed by atoms with Crippen LogP contribution in [0.1, 0.15) is 11.5 Å². The zero-order valence-electron chi connectivity index (χ0n) is 11.6. The Bertz CT molecular complexity index is 702. The third-order valence-corrected chi connectivity index (χ3v) is 3.23. The van der Waals surface area contributed by atoms with Crippen LogP contribution >= 0.6 is 0 Å². The van der Waals surface area contributed by atoms with E-state index in [-0.39, 0.29) is 12.3 Å². The lowest BCUT2D eigenvalue weighted by Gasteiger charge is -2.03. The molecule has 0 bridgehead atoms. The molecule has 2 aromatic carbocycles. The quantitative estimate of drug-likeness (QED) is 0.782. The fourth-order valence-electron chi connectivity index (χ4n) is 2.19. The van der Waals surface area contributed by atoms with Crippen LogP contribution in [0.15, 0.2) is 59.0 Å². The van der Waals surface area contributed by atoms with Crippen LogP contribution in [0.3, 0.4) is 0 Å². The van der Waals surface area contributed by atoms with Gasteiger partial charge in [-0.2, -0.15) is 0 Å². The molecule has 3 aromatic rings. The van der Waals surface area contributed by atoms with E-state index in [2.05, 4.69) is 10.3 Å². The fraction of sp³-hybridized carbons (Fsp3) is 0.176. The lowest BCUT2D eigenvalue weighted by atomic mass is 10.1. The largest absolute Gasteiger partial charge is 0.440 e. The Kier molecular flexibility index (Phi) is 3.96. The minimum atomic E-state index is -0.0718. The molecular weight excluding hydrogens is 264 g/mol. The molecule has 0 spiro atoms. The first-order valence-corrected chi connectivity index (χ1v) is 6.96. The number of benzene rings is 2. The molecule has 0 aliphatic carbocycles. The zero-order chi connectivity index (χ0) is 14.5. The van der Waals surface area contributed by atoms with Crippen LogP contribution in [0.25, 0.3) is 11.1 Å². The van der Waals surface area contributed by atoms with Gasteiger partial charge in [0.25, 0.3) is 0 Å². The first-order chi connectivity index (χ1) is 10.3. The smallest absolute Gasteiger partial charge is 0.229 e. The summed E-state index contributed by atoms with van der Waals surface area (Å²) in [6.45, 7) is 0.614. The Morgan fingerprint density at radius 2 is 1.81 bits per heavy atom. The van der Waals surface area contributed by atoms with Crippen molar-refractivity contribution in [3.05, 3.63) is 66.1 Å². The van der Waals surface area contributed by atoms with E-state index >= 15 is 0 Å². The van der Waals surface area contributed by atoms with Crippen molar-refractivity contribution in [2.24, 2.45) is 0 Å². The number of carbonyl (C=O) groups excluding carboxylic acids is 1. The summed E-state index contributed by atoms with van der Waals surface area (Å²) in [6.07, 6.45) is 0.990. The first-order valence-electron chi connectivity index (χ1n) is 6.96. The van der Waals surface area contributed by atoms with Gasteiger partial charge in [0.05, 0.1) is 0 Å². The molecule has 106 valence electrons. The lowest BCUT2D eigenvalue weighted by molar-refractivity contribution is -0.120. The monoisotopic (exact) mass is 280 g/mol. The number of para-hydroxylation sites is 2. The third-order valence-electron chi connectivity index (χ3n) is 3.23. The van der Waals surface area contributed by atoms with Crippen LogP contribution in [0.2, 0.25) is 0 Å². The maximum absolute atomic E-state index is 11.9. The number of nitrogens with zero attached hydrogens (tertiary/aromatic N) is 1. The molecule has 4 heteroatoms. The topological polar surface area (TPSA) is 55.1 Å². The van der Waals surface area contributed by atoms with Crippen LogP contribution < -0.4 is 5.32 Å². The maximum atomic E-state index is 11.9. The lowest BCUT2D eigenvalue weighted by Crippen LogP contribution is -2.27. The SMILES string of the molecule is O=C(Cc1nc2ccccc2o1)NCCc1ccccc1. The van der Waals surface area contributed by atoms with E-state index in [9.17, 15) is 4.79 Å². The number of nitrogens with one attached hydrogen (secondary N) is 1. The molecule has 0 radical (unpaired) electrons. The van der Waals surface area contributed by atoms with Crippen LogP contribution in [0, 0.1) is 0 Å². The molecule has 0 aliphatic heterocycles. The van der Waals surface area contributed by atoms with Gasteiger partial charge in [0.2, 0.25) is 11.8 Å². The number of oxazole rings is 1. The zero-order valence-corrected chi connectivity index (χ0v) is 11.6. The van der Waals surface area contributed by atoms with Crippen molar-refractivity contribution >= 4 is 17.0 Å². The van der Waals surface area contributed by atoms with Crippen molar-refractivity contribution in [3.63, 3.8) is 0 Å². The molecule has 1 amide bonds. The van der Waals surface area contributed by atoms with E-state index in [1.807, 2.05) is 54.6 Å². The van der Waals surface area contributed by atoms with Crippen molar-refractivity contribution < 1.29 is 9.21 Å². The minimum absolute atomic E-state index is 0.0718. The Morgan fingerprint density at radius 1 is 1.05 bits per heavy atom. The van der Waals surface area contributed by atoms with Crippen molar-refractivity contribution in [1.82, 2.24) is 10.3 Å². The van der Waals surface area contributed by atoms with Crippen molar-refractivity contribution in [2.45, 2.75) is 12.8 Å². The van der Waals surface area contributed by atoms with Crippen molar-refractivity contribution in [1.29, 1.82) is 0 Å². The summed E-state index contributed by atoms with van der Waals surface area (Å²) < 4.78 is 5.53. The predicted molar refractivity (Wildman–Crippen MR) is 80.9 cm³/mol. The normalized spacial score (nSPS) is 10.7. The third kappa shape index (κ3) is 3.48. The second-order valence-electron chi connectivity index (χ2n) is 4.84. The van der Waals surface area contributed by atoms with E-state index in [0.29, 0.717) is 18.0 Å². The van der Waals surface area contributed by atoms with Crippen LogP contribution in [0.5, 0.6) is 0 Å². The highest BCUT2D eigenvalue weighted by atomic mass is 16.3. The summed E-state index contributed by atoms with van der Waals surface area (Å²) in [5.41, 5.74) is 2.70. The molecule has 0 saturated carbocycles. The number of fused-ring (bicyclic) bond motifs is 1. The molecule has 0 saturated heterocycles. The molecule has 0 atom stereocenters. The molecule has 3 rings (SSSR count). The van der Waals surface area contributed by atoms with Gasteiger partial charge in [0.1, 0.15) is 11.9 Å². The number of hydrogen-bond donors (Lipinski definition) is 1. The molecule has 0 aliphatic rings. The molecular formula is C17H16N2O2. The van der Waals surface area contributed by atoms with Gasteiger partial charge in [-0.3, -0.25) is 4.79 Å². The van der Waals surface area contributed by atoms with E-state index in [0.717, 1.165) is 11.9 Å². The second-order valence-corrected chi connectivity index (χ2v) is 4.84. The Labute approximate surface area is 122 Å². The van der Waals surface area contributed by atoms with Crippen molar-refractivity contribution in [2.75, 3.05) is 6.54 Å². The number of hydrogen-bond acceptors (Lipinski definition) is 3. The summed E-state index contributed by atoms with van der Waals surface area (Å²) >= 11 is 0.